The maximum atomic E-state index is 13.9. The number of hydrogen-bond donors (Lipinski definition) is 2. The molecular formula is C23H36NO5P. The Balaban J connectivity index is 2.02. The van der Waals surface area contributed by atoms with Gasteiger partial charge in [-0.3, -0.25) is 9.36 Å². The molecule has 2 fully saturated rings. The van der Waals surface area contributed by atoms with Gasteiger partial charge in [0.2, 0.25) is 0 Å². The van der Waals surface area contributed by atoms with E-state index in [0.717, 1.165) is 11.1 Å². The van der Waals surface area contributed by atoms with Crippen molar-refractivity contribution in [3.8, 4) is 5.75 Å². The predicted octanol–water partition coefficient (Wildman–Crippen LogP) is 5.73. The van der Waals surface area contributed by atoms with E-state index in [2.05, 4.69) is 37.1 Å². The van der Waals surface area contributed by atoms with Crippen LogP contribution in [0.3, 0.4) is 0 Å². The fourth-order valence-corrected chi connectivity index (χ4v) is 6.16. The normalized spacial score (nSPS) is 22.6. The summed E-state index contributed by atoms with van der Waals surface area (Å²) in [7, 11) is -2.19. The average Bonchev–Trinajstić information content (AvgIpc) is 3.58. The number of nitrogens with one attached hydrogen (secondary N) is 1. The van der Waals surface area contributed by atoms with Gasteiger partial charge in [0.1, 0.15) is 17.6 Å². The molecule has 0 aromatic heterocycles. The van der Waals surface area contributed by atoms with Crippen LogP contribution in [0, 0.1) is 11.8 Å². The lowest BCUT2D eigenvalue weighted by molar-refractivity contribution is -0.143. The monoisotopic (exact) mass is 437 g/mol. The predicted molar refractivity (Wildman–Crippen MR) is 118 cm³/mol. The van der Waals surface area contributed by atoms with Gasteiger partial charge in [-0.1, -0.05) is 39.0 Å². The molecule has 0 radical (unpaired) electrons. The van der Waals surface area contributed by atoms with Gasteiger partial charge in [0.05, 0.1) is 0 Å². The Morgan fingerprint density at radius 2 is 1.70 bits per heavy atom. The molecule has 3 rings (SSSR count). The molecule has 168 valence electrons. The van der Waals surface area contributed by atoms with Crippen LogP contribution >= 0.6 is 7.52 Å². The zero-order valence-corrected chi connectivity index (χ0v) is 19.7. The van der Waals surface area contributed by atoms with Crippen molar-refractivity contribution in [1.82, 2.24) is 5.09 Å². The molecule has 0 aliphatic heterocycles. The smallest absolute Gasteiger partial charge is 0.342 e. The first-order valence-electron chi connectivity index (χ1n) is 11.1. The van der Waals surface area contributed by atoms with E-state index in [1.54, 1.807) is 6.92 Å². The van der Waals surface area contributed by atoms with Gasteiger partial charge >= 0.3 is 13.5 Å². The van der Waals surface area contributed by atoms with E-state index in [-0.39, 0.29) is 12.8 Å². The van der Waals surface area contributed by atoms with Gasteiger partial charge in [-0.05, 0) is 73.8 Å². The van der Waals surface area contributed by atoms with Crippen LogP contribution in [0.25, 0.3) is 0 Å². The van der Waals surface area contributed by atoms with Crippen molar-refractivity contribution in [2.75, 3.05) is 13.5 Å². The van der Waals surface area contributed by atoms with E-state index in [1.807, 2.05) is 0 Å². The molecular weight excluding hydrogens is 401 g/mol. The lowest BCUT2D eigenvalue weighted by Gasteiger charge is -2.32. The van der Waals surface area contributed by atoms with E-state index < -0.39 is 19.0 Å². The Bertz CT molecular complexity index is 784. The summed E-state index contributed by atoms with van der Waals surface area (Å²) in [6.45, 7) is 7.69. The number of carboxylic acids is 1. The number of ether oxygens (including phenoxy) is 1. The zero-order chi connectivity index (χ0) is 22.1. The van der Waals surface area contributed by atoms with Gasteiger partial charge in [-0.2, -0.15) is 0 Å². The summed E-state index contributed by atoms with van der Waals surface area (Å²) in [5, 5.41) is 12.5. The molecule has 0 amide bonds. The summed E-state index contributed by atoms with van der Waals surface area (Å²) in [5.74, 6) is 1.45. The fraction of sp³-hybridized carbons (Fsp3) is 0.696. The first kappa shape index (κ1) is 23.3. The third-order valence-electron chi connectivity index (χ3n) is 6.85. The number of carboxylic acid groups (broad SMARTS) is 1. The summed E-state index contributed by atoms with van der Waals surface area (Å²) in [4.78, 5) is 11.9. The lowest BCUT2D eigenvalue weighted by atomic mass is 9.88. The second-order valence-electron chi connectivity index (χ2n) is 9.30. The quantitative estimate of drug-likeness (QED) is 0.406. The summed E-state index contributed by atoms with van der Waals surface area (Å²) in [6, 6.07) is 6.20. The fourth-order valence-electron chi connectivity index (χ4n) is 4.15. The number of rotatable bonds is 12. The van der Waals surface area contributed by atoms with E-state index >= 15 is 0 Å². The molecule has 2 aliphatic carbocycles. The van der Waals surface area contributed by atoms with Crippen LogP contribution < -0.4 is 9.61 Å². The van der Waals surface area contributed by atoms with Gasteiger partial charge < -0.3 is 14.4 Å². The topological polar surface area (TPSA) is 84.9 Å². The third-order valence-corrected chi connectivity index (χ3v) is 8.76. The van der Waals surface area contributed by atoms with Crippen molar-refractivity contribution in [1.29, 1.82) is 0 Å². The molecule has 2 saturated carbocycles. The molecule has 2 unspecified atom stereocenters. The van der Waals surface area contributed by atoms with Crippen LogP contribution in [0.5, 0.6) is 5.75 Å². The summed E-state index contributed by atoms with van der Waals surface area (Å²) in [5.41, 5.74) is 0.760. The molecule has 0 heterocycles. The van der Waals surface area contributed by atoms with Crippen molar-refractivity contribution < 1.29 is 23.7 Å². The van der Waals surface area contributed by atoms with Crippen molar-refractivity contribution in [2.24, 2.45) is 11.8 Å². The Labute approximate surface area is 180 Å². The van der Waals surface area contributed by atoms with Crippen molar-refractivity contribution in [3.05, 3.63) is 29.3 Å². The SMILES string of the molecule is CCC(C)(NP(=O)(COC)Oc1c([C@H](C)C2CC2)cccc1[C@H](C)C1CC1)C(=O)O. The highest BCUT2D eigenvalue weighted by molar-refractivity contribution is 7.57. The summed E-state index contributed by atoms with van der Waals surface area (Å²) in [6.07, 6.45) is 4.87. The number of aliphatic carboxylic acids is 1. The zero-order valence-electron chi connectivity index (χ0n) is 18.8. The first-order valence-corrected chi connectivity index (χ1v) is 12.9. The van der Waals surface area contributed by atoms with Crippen LogP contribution in [-0.4, -0.2) is 30.1 Å². The third kappa shape index (κ3) is 5.09. The van der Waals surface area contributed by atoms with E-state index in [0.29, 0.717) is 29.4 Å². The molecule has 2 N–H and O–H groups in total. The molecule has 1 aromatic rings. The average molecular weight is 438 g/mol. The standard InChI is InChI=1S/C23H36NO5P/c1-6-23(4,22(25)26)24-30(27,14-28-5)29-21-19(15(2)17-10-11-17)8-7-9-20(21)16(3)18-12-13-18/h7-9,15-18H,6,10-14H2,1-5H3,(H,24,27)(H,25,26)/t15-,16-,23?,30?/m1/s1. The first-order chi connectivity index (χ1) is 14.1. The van der Waals surface area contributed by atoms with Crippen LogP contribution in [0.15, 0.2) is 18.2 Å². The largest absolute Gasteiger partial charge is 0.480 e. The molecule has 30 heavy (non-hydrogen) atoms. The number of benzene rings is 1. The van der Waals surface area contributed by atoms with Gasteiger partial charge in [0.15, 0.2) is 0 Å². The van der Waals surface area contributed by atoms with Gasteiger partial charge in [0.25, 0.3) is 0 Å². The summed E-state index contributed by atoms with van der Waals surface area (Å²) < 4.78 is 25.4. The van der Waals surface area contributed by atoms with E-state index in [9.17, 15) is 14.5 Å². The molecule has 0 saturated heterocycles. The lowest BCUT2D eigenvalue weighted by Crippen LogP contribution is -2.48. The van der Waals surface area contributed by atoms with Crippen LogP contribution in [-0.2, 0) is 14.1 Å². The maximum Gasteiger partial charge on any atom is 0.342 e. The van der Waals surface area contributed by atoms with Crippen molar-refractivity contribution in [2.45, 2.75) is 77.2 Å². The second kappa shape index (κ2) is 9.02. The van der Waals surface area contributed by atoms with Crippen LogP contribution in [0.2, 0.25) is 0 Å². The number of hydrogen-bond acceptors (Lipinski definition) is 4. The van der Waals surface area contributed by atoms with Gasteiger partial charge in [-0.15, -0.1) is 0 Å². The molecule has 7 heteroatoms. The molecule has 2 aliphatic rings. The van der Waals surface area contributed by atoms with E-state index in [1.165, 1.54) is 39.7 Å². The Kier molecular flexibility index (Phi) is 7.01. The molecule has 6 nitrogen and oxygen atoms in total. The highest BCUT2D eigenvalue weighted by Gasteiger charge is 2.42. The minimum Gasteiger partial charge on any atom is -0.480 e. The highest BCUT2D eigenvalue weighted by Crippen LogP contribution is 2.54. The van der Waals surface area contributed by atoms with Gasteiger partial charge in [0, 0.05) is 7.11 Å². The molecule has 1 aromatic carbocycles. The highest BCUT2D eigenvalue weighted by atomic mass is 31.2. The Morgan fingerprint density at radius 3 is 2.07 bits per heavy atom. The minimum atomic E-state index is -3.64. The van der Waals surface area contributed by atoms with E-state index in [4.69, 9.17) is 9.26 Å². The van der Waals surface area contributed by atoms with Gasteiger partial charge in [-0.25, -0.2) is 5.09 Å². The second-order valence-corrected chi connectivity index (χ2v) is 11.3. The molecule has 0 bridgehead atoms. The Hall–Kier alpha value is -1.36. The van der Waals surface area contributed by atoms with Crippen LogP contribution in [0.4, 0.5) is 0 Å². The summed E-state index contributed by atoms with van der Waals surface area (Å²) >= 11 is 0. The number of methoxy groups -OCH3 is 1. The molecule has 0 spiro atoms. The van der Waals surface area contributed by atoms with Crippen LogP contribution in [0.1, 0.15) is 82.8 Å². The number of carbonyl (C=O) groups is 1. The minimum absolute atomic E-state index is 0.195. The van der Waals surface area contributed by atoms with Crippen molar-refractivity contribution in [3.63, 3.8) is 0 Å². The van der Waals surface area contributed by atoms with Crippen molar-refractivity contribution >= 4 is 13.5 Å². The number of para-hydroxylation sites is 1. The molecule has 4 atom stereocenters. The Morgan fingerprint density at radius 1 is 1.20 bits per heavy atom. The maximum absolute atomic E-state index is 13.9.